The number of ether oxygens (including phenoxy) is 2. The Morgan fingerprint density at radius 2 is 1.24 bits per heavy atom. The van der Waals surface area contributed by atoms with Crippen LogP contribution in [0.1, 0.15) is 98.3 Å². The van der Waals surface area contributed by atoms with Crippen molar-refractivity contribution in [3.63, 3.8) is 0 Å². The van der Waals surface area contributed by atoms with Gasteiger partial charge in [-0.25, -0.2) is 9.59 Å². The third-order valence-corrected chi connectivity index (χ3v) is 11.8. The minimum atomic E-state index is -1.62. The number of hydrogen-bond donors (Lipinski definition) is 8. The molecule has 0 radical (unpaired) electrons. The molecule has 0 spiro atoms. The van der Waals surface area contributed by atoms with Crippen molar-refractivity contribution in [2.75, 3.05) is 13.6 Å². The van der Waals surface area contributed by atoms with Gasteiger partial charge in [-0.15, -0.1) is 0 Å². The van der Waals surface area contributed by atoms with Gasteiger partial charge in [-0.3, -0.25) is 24.0 Å². The lowest BCUT2D eigenvalue weighted by Crippen LogP contribution is -2.64. The topological polar surface area (TPSA) is 263 Å². The van der Waals surface area contributed by atoms with Gasteiger partial charge in [0.05, 0.1) is 17.7 Å². The van der Waals surface area contributed by atoms with E-state index in [4.69, 9.17) is 15.2 Å². The maximum Gasteiger partial charge on any atom is 0.407 e. The van der Waals surface area contributed by atoms with Crippen molar-refractivity contribution >= 4 is 52.5 Å². The minimum Gasteiger partial charge on any atom is -0.480 e. The van der Waals surface area contributed by atoms with Crippen LogP contribution in [0.3, 0.4) is 0 Å². The molecule has 3 aromatic carbocycles. The quantitative estimate of drug-likeness (QED) is 0.0447. The molecule has 1 heterocycles. The number of aromatic nitrogens is 1. The highest BCUT2D eigenvalue weighted by Crippen LogP contribution is 2.21. The third-order valence-electron chi connectivity index (χ3n) is 11.8. The number of hydrogen-bond acceptors (Lipinski definition) is 10. The summed E-state index contributed by atoms with van der Waals surface area (Å²) >= 11 is 0. The van der Waals surface area contributed by atoms with Crippen LogP contribution in [-0.2, 0) is 57.5 Å². The lowest BCUT2D eigenvalue weighted by atomic mass is 9.97. The maximum absolute atomic E-state index is 14.7. The van der Waals surface area contributed by atoms with Crippen LogP contribution in [0.25, 0.3) is 10.9 Å². The summed E-state index contributed by atoms with van der Waals surface area (Å²) in [7, 11) is 1.39. The van der Waals surface area contributed by atoms with Gasteiger partial charge in [-0.05, 0) is 111 Å². The summed E-state index contributed by atoms with van der Waals surface area (Å²) in [6.07, 6.45) is 1.15. The van der Waals surface area contributed by atoms with E-state index in [0.717, 1.165) is 21.4 Å². The Labute approximate surface area is 416 Å². The molecule has 0 aliphatic heterocycles. The fourth-order valence-electron chi connectivity index (χ4n) is 7.79. The van der Waals surface area contributed by atoms with E-state index < -0.39 is 94.7 Å². The number of fused-ring (bicyclic) bond motifs is 1. The van der Waals surface area contributed by atoms with Gasteiger partial charge in [0.1, 0.15) is 35.3 Å². The Kier molecular flexibility index (Phi) is 20.3. The molecule has 4 aromatic rings. The Hall–Kier alpha value is -6.79. The summed E-state index contributed by atoms with van der Waals surface area (Å²) in [5.74, 6) is -4.82. The minimum absolute atomic E-state index is 0.00205. The number of aromatic amines is 1. The number of nitrogens with one attached hydrogen (secondary N) is 6. The predicted molar refractivity (Wildman–Crippen MR) is 271 cm³/mol. The summed E-state index contributed by atoms with van der Waals surface area (Å²) in [6.45, 7) is 15.3. The molecule has 0 aliphatic rings. The molecule has 6 atom stereocenters. The van der Waals surface area contributed by atoms with Crippen LogP contribution < -0.4 is 32.3 Å². The molecular weight excluding hydrogens is 909 g/mol. The van der Waals surface area contributed by atoms with Gasteiger partial charge < -0.3 is 56.8 Å². The molecule has 0 fully saturated rings. The summed E-state index contributed by atoms with van der Waals surface area (Å²) in [5, 5.41) is 24.7. The monoisotopic (exact) mass is 983 g/mol. The molecule has 0 saturated heterocycles. The van der Waals surface area contributed by atoms with Crippen molar-refractivity contribution in [2.45, 2.75) is 154 Å². The number of likely N-dealkylation sites (N-methyl/N-ethyl adjacent to an activating group) is 1. The number of carboxylic acids is 1. The maximum atomic E-state index is 14.7. The van der Waals surface area contributed by atoms with Crippen LogP contribution in [0.4, 0.5) is 4.79 Å². The summed E-state index contributed by atoms with van der Waals surface area (Å²) in [6, 6.07) is 19.0. The molecule has 0 bridgehead atoms. The average molecular weight is 983 g/mol. The molecule has 71 heavy (non-hydrogen) atoms. The molecule has 386 valence electrons. The number of amides is 6. The largest absolute Gasteiger partial charge is 0.480 e. The number of alkyl carbamates (subject to hydrolysis) is 1. The fourth-order valence-corrected chi connectivity index (χ4v) is 7.79. The average Bonchev–Trinajstić information content (AvgIpc) is 3.70. The van der Waals surface area contributed by atoms with Gasteiger partial charge in [-0.1, -0.05) is 78.9 Å². The van der Waals surface area contributed by atoms with E-state index in [1.165, 1.54) is 20.9 Å². The molecular formula is C53H74N8O10. The van der Waals surface area contributed by atoms with Crippen LogP contribution in [0.2, 0.25) is 0 Å². The van der Waals surface area contributed by atoms with Crippen LogP contribution in [0.5, 0.6) is 0 Å². The Bertz CT molecular complexity index is 2430. The van der Waals surface area contributed by atoms with Crippen LogP contribution in [0, 0.1) is 0 Å². The van der Waals surface area contributed by atoms with Crippen molar-refractivity contribution < 1.29 is 48.1 Å². The molecule has 0 unspecified atom stereocenters. The van der Waals surface area contributed by atoms with E-state index in [1.807, 2.05) is 24.3 Å². The normalized spacial score (nSPS) is 14.4. The number of carbonyl (C=O) groups excluding carboxylic acids is 6. The second-order valence-electron chi connectivity index (χ2n) is 20.3. The first-order valence-corrected chi connectivity index (χ1v) is 24.0. The van der Waals surface area contributed by atoms with E-state index in [2.05, 4.69) is 31.6 Å². The van der Waals surface area contributed by atoms with Gasteiger partial charge in [0, 0.05) is 43.5 Å². The number of aliphatic carboxylic acids is 1. The van der Waals surface area contributed by atoms with E-state index in [0.29, 0.717) is 24.0 Å². The van der Waals surface area contributed by atoms with E-state index >= 15 is 0 Å². The number of nitrogens with zero attached hydrogens (tertiary/aromatic N) is 1. The molecule has 6 amide bonds. The molecule has 18 nitrogen and oxygen atoms in total. The number of rotatable bonds is 24. The first kappa shape index (κ1) is 56.8. The molecule has 1 aromatic heterocycles. The zero-order chi connectivity index (χ0) is 52.7. The molecule has 0 saturated carbocycles. The van der Waals surface area contributed by atoms with E-state index in [-0.39, 0.29) is 32.2 Å². The third kappa shape index (κ3) is 17.8. The van der Waals surface area contributed by atoms with E-state index in [9.17, 15) is 38.7 Å². The van der Waals surface area contributed by atoms with E-state index in [1.54, 1.807) is 115 Å². The molecule has 18 heteroatoms. The zero-order valence-electron chi connectivity index (χ0n) is 42.7. The van der Waals surface area contributed by atoms with Crippen LogP contribution in [-0.4, -0.2) is 123 Å². The van der Waals surface area contributed by atoms with Gasteiger partial charge in [0.15, 0.2) is 0 Å². The Balaban J connectivity index is 1.60. The highest BCUT2D eigenvalue weighted by molar-refractivity contribution is 5.98. The van der Waals surface area contributed by atoms with Gasteiger partial charge >= 0.3 is 12.1 Å². The van der Waals surface area contributed by atoms with Gasteiger partial charge in [-0.2, -0.15) is 0 Å². The first-order valence-electron chi connectivity index (χ1n) is 24.0. The van der Waals surface area contributed by atoms with Crippen molar-refractivity contribution in [3.05, 3.63) is 108 Å². The summed E-state index contributed by atoms with van der Waals surface area (Å²) in [4.78, 5) is 101. The number of nitrogens with two attached hydrogens (primary N) is 1. The molecule has 9 N–H and O–H groups in total. The predicted octanol–water partition coefficient (Wildman–Crippen LogP) is 4.68. The number of benzene rings is 3. The standard InChI is InChI=1S/C53H74N8O10/c1-33(70-51(2,3)4)43(60-45(63)40(27-19-20-28-55-50(69)71-52(5,6)7)57-44(62)38(54)31-36-32-56-39-26-18-17-25-37(36)39)46(64)58-41(29-34-21-13-11-14-22-34)47(65)61(10)53(8,9)49(68)59-42(48(66)67)30-35-23-15-12-16-24-35/h11-18,21-26,32-33,38,40-43,56H,19-20,27-31,54H2,1-10H3,(H,55,69)(H,57,62)(H,58,64)(H,59,68)(H,60,63)(H,66,67)/t33-,38-,40+,41+,42+,43+/m1/s1. The van der Waals surface area contributed by atoms with Crippen molar-refractivity contribution in [3.8, 4) is 0 Å². The van der Waals surface area contributed by atoms with Gasteiger partial charge in [0.2, 0.25) is 29.5 Å². The fraction of sp³-hybridized carbons (Fsp3) is 0.491. The number of para-hydroxylation sites is 1. The summed E-state index contributed by atoms with van der Waals surface area (Å²) < 4.78 is 11.6. The molecule has 4 rings (SSSR count). The second kappa shape index (κ2) is 25.4. The summed E-state index contributed by atoms with van der Waals surface area (Å²) in [5.41, 5.74) is 6.38. The Morgan fingerprint density at radius 1 is 0.676 bits per heavy atom. The Morgan fingerprint density at radius 3 is 1.82 bits per heavy atom. The lowest BCUT2D eigenvalue weighted by Gasteiger charge is -2.38. The number of carboxylic acid groups (broad SMARTS) is 1. The van der Waals surface area contributed by atoms with Crippen molar-refractivity contribution in [1.82, 2.24) is 36.5 Å². The number of H-pyrrole nitrogens is 1. The second-order valence-corrected chi connectivity index (χ2v) is 20.3. The van der Waals surface area contributed by atoms with Crippen molar-refractivity contribution in [2.24, 2.45) is 5.73 Å². The highest BCUT2D eigenvalue weighted by atomic mass is 16.6. The lowest BCUT2D eigenvalue weighted by molar-refractivity contribution is -0.149. The van der Waals surface area contributed by atoms with Crippen molar-refractivity contribution in [1.29, 1.82) is 0 Å². The number of unbranched alkanes of at least 4 members (excludes halogenated alkanes) is 1. The smallest absolute Gasteiger partial charge is 0.407 e. The number of carbonyl (C=O) groups is 7. The highest BCUT2D eigenvalue weighted by Gasteiger charge is 2.42. The van der Waals surface area contributed by atoms with Gasteiger partial charge in [0.25, 0.3) is 0 Å². The van der Waals surface area contributed by atoms with Crippen LogP contribution >= 0.6 is 0 Å². The molecule has 0 aliphatic carbocycles. The zero-order valence-corrected chi connectivity index (χ0v) is 42.7. The first-order chi connectivity index (χ1) is 33.2. The van der Waals surface area contributed by atoms with Crippen LogP contribution in [0.15, 0.2) is 91.1 Å². The SMILES string of the molecule is C[C@@H](OC(C)(C)C)[C@H](NC(=O)[C@H](CCCCNC(=O)OC(C)(C)C)NC(=O)[C@H](N)Cc1c[nH]c2ccccc12)C(=O)N[C@@H](Cc1ccccc1)C(=O)N(C)C(C)(C)C(=O)N[C@@H](Cc1ccccc1)C(=O)O.